The Balaban J connectivity index is 1.89. The van der Waals surface area contributed by atoms with Crippen LogP contribution in [0.4, 0.5) is 13.2 Å². The van der Waals surface area contributed by atoms with E-state index in [1.165, 1.54) is 12.1 Å². The minimum absolute atomic E-state index is 0.290. The molecular formula is C16H18F3NO. The van der Waals surface area contributed by atoms with Crippen molar-refractivity contribution in [3.05, 3.63) is 35.4 Å². The zero-order valence-corrected chi connectivity index (χ0v) is 11.8. The van der Waals surface area contributed by atoms with E-state index in [0.29, 0.717) is 12.1 Å². The molecule has 1 aromatic rings. The molecule has 2 atom stereocenters. The van der Waals surface area contributed by atoms with Crippen LogP contribution in [-0.4, -0.2) is 35.7 Å². The first-order valence-electron chi connectivity index (χ1n) is 6.93. The first kappa shape index (κ1) is 15.9. The Morgan fingerprint density at radius 2 is 2.00 bits per heavy atom. The Morgan fingerprint density at radius 1 is 1.33 bits per heavy atom. The van der Waals surface area contributed by atoms with Gasteiger partial charge in [-0.15, -0.1) is 0 Å². The molecule has 1 N–H and O–H groups in total. The summed E-state index contributed by atoms with van der Waals surface area (Å²) in [4.78, 5) is 2.15. The number of hydrogen-bond donors (Lipinski definition) is 1. The van der Waals surface area contributed by atoms with E-state index in [1.54, 1.807) is 6.92 Å². The van der Waals surface area contributed by atoms with Crippen LogP contribution in [0.2, 0.25) is 0 Å². The fourth-order valence-electron chi connectivity index (χ4n) is 2.40. The summed E-state index contributed by atoms with van der Waals surface area (Å²) in [5.74, 6) is 6.14. The van der Waals surface area contributed by atoms with Crippen molar-refractivity contribution in [2.24, 2.45) is 5.92 Å². The predicted molar refractivity (Wildman–Crippen MR) is 74.5 cm³/mol. The molecule has 5 heteroatoms. The summed E-state index contributed by atoms with van der Waals surface area (Å²) in [6.45, 7) is 4.09. The molecule has 1 saturated heterocycles. The second-order valence-corrected chi connectivity index (χ2v) is 5.40. The minimum atomic E-state index is -4.31. The molecule has 1 aromatic carbocycles. The molecule has 2 nitrogen and oxygen atoms in total. The van der Waals surface area contributed by atoms with Gasteiger partial charge in [0.25, 0.3) is 0 Å². The van der Waals surface area contributed by atoms with Gasteiger partial charge in [-0.2, -0.15) is 13.2 Å². The zero-order valence-electron chi connectivity index (χ0n) is 11.8. The molecule has 0 aromatic heterocycles. The summed E-state index contributed by atoms with van der Waals surface area (Å²) in [6.07, 6.45) is -3.66. The lowest BCUT2D eigenvalue weighted by Gasteiger charge is -2.14. The topological polar surface area (TPSA) is 23.5 Å². The standard InChI is InChI=1S/C16H18F3NO/c1-12(21)14-8-10-20(11-14)9-2-3-13-4-6-15(7-5-13)16(17,18)19/h4-7,12,14,21H,8-11H2,1H3. The van der Waals surface area contributed by atoms with Crippen LogP contribution in [-0.2, 0) is 6.18 Å². The van der Waals surface area contributed by atoms with Crippen molar-refractivity contribution < 1.29 is 18.3 Å². The molecule has 0 radical (unpaired) electrons. The Hall–Kier alpha value is -1.51. The normalized spacial score (nSPS) is 20.9. The Kier molecular flexibility index (Phi) is 4.92. The van der Waals surface area contributed by atoms with Crippen LogP contribution >= 0.6 is 0 Å². The maximum atomic E-state index is 12.4. The number of aliphatic hydroxyl groups is 1. The fraction of sp³-hybridized carbons (Fsp3) is 0.500. The summed E-state index contributed by atoms with van der Waals surface area (Å²) in [7, 11) is 0. The van der Waals surface area contributed by atoms with Gasteiger partial charge in [0.15, 0.2) is 0 Å². The maximum absolute atomic E-state index is 12.4. The van der Waals surface area contributed by atoms with Crippen LogP contribution in [0, 0.1) is 17.8 Å². The highest BCUT2D eigenvalue weighted by Crippen LogP contribution is 2.28. The molecule has 1 aliphatic heterocycles. The van der Waals surface area contributed by atoms with E-state index in [1.807, 2.05) is 0 Å². The largest absolute Gasteiger partial charge is 0.416 e. The first-order chi connectivity index (χ1) is 9.86. The monoisotopic (exact) mass is 297 g/mol. The van der Waals surface area contributed by atoms with Crippen LogP contribution in [0.3, 0.4) is 0 Å². The quantitative estimate of drug-likeness (QED) is 0.849. The maximum Gasteiger partial charge on any atom is 0.416 e. The summed E-state index contributed by atoms with van der Waals surface area (Å²) >= 11 is 0. The van der Waals surface area contributed by atoms with E-state index in [0.717, 1.165) is 31.6 Å². The van der Waals surface area contributed by atoms with Gasteiger partial charge < -0.3 is 5.11 Å². The summed E-state index contributed by atoms with van der Waals surface area (Å²) in [5, 5.41) is 9.51. The van der Waals surface area contributed by atoms with Crippen molar-refractivity contribution in [1.29, 1.82) is 0 Å². The average Bonchev–Trinajstić information content (AvgIpc) is 2.87. The number of benzene rings is 1. The third-order valence-electron chi connectivity index (χ3n) is 3.74. The van der Waals surface area contributed by atoms with Gasteiger partial charge in [-0.05, 0) is 50.1 Å². The van der Waals surface area contributed by atoms with Crippen LogP contribution < -0.4 is 0 Å². The molecule has 1 fully saturated rings. The van der Waals surface area contributed by atoms with Gasteiger partial charge in [-0.1, -0.05) is 11.8 Å². The Bertz CT molecular complexity index is 525. The van der Waals surface area contributed by atoms with E-state index in [-0.39, 0.29) is 12.0 Å². The van der Waals surface area contributed by atoms with Crippen molar-refractivity contribution in [1.82, 2.24) is 4.90 Å². The third-order valence-corrected chi connectivity index (χ3v) is 3.74. The second kappa shape index (κ2) is 6.50. The van der Waals surface area contributed by atoms with Gasteiger partial charge in [-0.3, -0.25) is 4.90 Å². The molecule has 21 heavy (non-hydrogen) atoms. The smallest absolute Gasteiger partial charge is 0.393 e. The lowest BCUT2D eigenvalue weighted by Crippen LogP contribution is -2.24. The molecule has 0 spiro atoms. The molecule has 2 unspecified atom stereocenters. The van der Waals surface area contributed by atoms with Crippen molar-refractivity contribution in [2.75, 3.05) is 19.6 Å². The van der Waals surface area contributed by atoms with Gasteiger partial charge >= 0.3 is 6.18 Å². The van der Waals surface area contributed by atoms with E-state index in [9.17, 15) is 18.3 Å². The van der Waals surface area contributed by atoms with E-state index >= 15 is 0 Å². The number of rotatable bonds is 2. The highest BCUT2D eigenvalue weighted by molar-refractivity contribution is 5.37. The molecule has 0 saturated carbocycles. The Morgan fingerprint density at radius 3 is 2.52 bits per heavy atom. The summed E-state index contributed by atoms with van der Waals surface area (Å²) in [6, 6.07) is 4.86. The first-order valence-corrected chi connectivity index (χ1v) is 6.93. The molecule has 1 heterocycles. The van der Waals surface area contributed by atoms with Gasteiger partial charge in [0.05, 0.1) is 18.2 Å². The Labute approximate surface area is 122 Å². The molecule has 1 aliphatic rings. The van der Waals surface area contributed by atoms with Gasteiger partial charge in [-0.25, -0.2) is 0 Å². The number of nitrogens with zero attached hydrogens (tertiary/aromatic N) is 1. The number of aliphatic hydroxyl groups excluding tert-OH is 1. The van der Waals surface area contributed by atoms with Crippen molar-refractivity contribution in [2.45, 2.75) is 25.6 Å². The predicted octanol–water partition coefficient (Wildman–Crippen LogP) is 2.76. The van der Waals surface area contributed by atoms with E-state index < -0.39 is 11.7 Å². The van der Waals surface area contributed by atoms with E-state index in [4.69, 9.17) is 0 Å². The van der Waals surface area contributed by atoms with Gasteiger partial charge in [0.2, 0.25) is 0 Å². The lowest BCUT2D eigenvalue weighted by molar-refractivity contribution is -0.137. The average molecular weight is 297 g/mol. The highest BCUT2D eigenvalue weighted by Gasteiger charge is 2.29. The lowest BCUT2D eigenvalue weighted by atomic mass is 10.0. The number of alkyl halides is 3. The highest BCUT2D eigenvalue weighted by atomic mass is 19.4. The summed E-state index contributed by atoms with van der Waals surface area (Å²) in [5.41, 5.74) is -0.0818. The number of halogens is 3. The third kappa shape index (κ3) is 4.48. The molecular weight excluding hydrogens is 279 g/mol. The van der Waals surface area contributed by atoms with Crippen molar-refractivity contribution >= 4 is 0 Å². The SMILES string of the molecule is CC(O)C1CCN(CC#Cc2ccc(C(F)(F)F)cc2)C1. The molecule has 2 rings (SSSR count). The van der Waals surface area contributed by atoms with E-state index in [2.05, 4.69) is 16.7 Å². The minimum Gasteiger partial charge on any atom is -0.393 e. The second-order valence-electron chi connectivity index (χ2n) is 5.40. The van der Waals surface area contributed by atoms with Gasteiger partial charge in [0.1, 0.15) is 0 Å². The zero-order chi connectivity index (χ0) is 15.5. The van der Waals surface area contributed by atoms with Crippen molar-refractivity contribution in [3.63, 3.8) is 0 Å². The van der Waals surface area contributed by atoms with Crippen LogP contribution in [0.5, 0.6) is 0 Å². The molecule has 114 valence electrons. The fourth-order valence-corrected chi connectivity index (χ4v) is 2.40. The number of hydrogen-bond acceptors (Lipinski definition) is 2. The van der Waals surface area contributed by atoms with Gasteiger partial charge in [0, 0.05) is 12.1 Å². The summed E-state index contributed by atoms with van der Waals surface area (Å²) < 4.78 is 37.2. The van der Waals surface area contributed by atoms with Crippen molar-refractivity contribution in [3.8, 4) is 11.8 Å². The van der Waals surface area contributed by atoms with Crippen LogP contribution in [0.1, 0.15) is 24.5 Å². The molecule has 0 bridgehead atoms. The van der Waals surface area contributed by atoms with Crippen LogP contribution in [0.15, 0.2) is 24.3 Å². The van der Waals surface area contributed by atoms with Crippen LogP contribution in [0.25, 0.3) is 0 Å². The molecule has 0 aliphatic carbocycles. The molecule has 0 amide bonds. The number of likely N-dealkylation sites (tertiary alicyclic amines) is 1.